The van der Waals surface area contributed by atoms with Crippen LogP contribution in [0.25, 0.3) is 0 Å². The third kappa shape index (κ3) is 2.98. The normalized spacial score (nSPS) is 18.7. The Balaban J connectivity index is 2.35. The van der Waals surface area contributed by atoms with Crippen molar-refractivity contribution in [3.8, 4) is 0 Å². The van der Waals surface area contributed by atoms with Crippen LogP contribution >= 0.6 is 27.7 Å². The first-order valence-electron chi connectivity index (χ1n) is 5.72. The highest BCUT2D eigenvalue weighted by Gasteiger charge is 2.30. The molecule has 0 amide bonds. The third-order valence-electron chi connectivity index (χ3n) is 2.90. The maximum absolute atomic E-state index is 11.1. The van der Waals surface area contributed by atoms with Crippen molar-refractivity contribution in [1.29, 1.82) is 0 Å². The van der Waals surface area contributed by atoms with E-state index in [1.165, 1.54) is 0 Å². The standard InChI is InChI=1S/C12H15BrN2O2S/c1-12(2)8-14(5-6-18-12)10-4-3-9(13)7-11(10)15(16)17/h3-4,7H,5-6,8H2,1-2H3. The number of benzene rings is 1. The van der Waals surface area contributed by atoms with Crippen LogP contribution in [0.4, 0.5) is 11.4 Å². The summed E-state index contributed by atoms with van der Waals surface area (Å²) in [6.45, 7) is 6.04. The average molecular weight is 331 g/mol. The lowest BCUT2D eigenvalue weighted by molar-refractivity contribution is -0.384. The Hall–Kier alpha value is -0.750. The first kappa shape index (κ1) is 13.7. The van der Waals surface area contributed by atoms with Crippen molar-refractivity contribution in [1.82, 2.24) is 0 Å². The van der Waals surface area contributed by atoms with Gasteiger partial charge in [-0.3, -0.25) is 10.1 Å². The summed E-state index contributed by atoms with van der Waals surface area (Å²) in [6, 6.07) is 5.26. The van der Waals surface area contributed by atoms with E-state index in [1.54, 1.807) is 6.07 Å². The smallest absolute Gasteiger partial charge is 0.293 e. The van der Waals surface area contributed by atoms with Crippen LogP contribution in [0.1, 0.15) is 13.8 Å². The molecule has 1 fully saturated rings. The van der Waals surface area contributed by atoms with Gasteiger partial charge in [-0.1, -0.05) is 15.9 Å². The number of nitrogens with zero attached hydrogens (tertiary/aromatic N) is 2. The Kier molecular flexibility index (Phi) is 3.87. The minimum Gasteiger partial charge on any atom is -0.364 e. The number of nitro benzene ring substituents is 1. The van der Waals surface area contributed by atoms with Gasteiger partial charge >= 0.3 is 0 Å². The van der Waals surface area contributed by atoms with Gasteiger partial charge in [0.15, 0.2) is 0 Å². The van der Waals surface area contributed by atoms with Crippen molar-refractivity contribution in [3.05, 3.63) is 32.8 Å². The molecule has 1 saturated heterocycles. The van der Waals surface area contributed by atoms with Crippen LogP contribution in [0.15, 0.2) is 22.7 Å². The van der Waals surface area contributed by atoms with E-state index in [-0.39, 0.29) is 15.4 Å². The van der Waals surface area contributed by atoms with Gasteiger partial charge in [0, 0.05) is 34.1 Å². The van der Waals surface area contributed by atoms with E-state index in [9.17, 15) is 10.1 Å². The number of halogens is 1. The molecule has 6 heteroatoms. The minimum atomic E-state index is -0.311. The fourth-order valence-corrected chi connectivity index (χ4v) is 3.59. The van der Waals surface area contributed by atoms with Gasteiger partial charge < -0.3 is 4.90 Å². The van der Waals surface area contributed by atoms with Crippen molar-refractivity contribution < 1.29 is 4.92 Å². The Morgan fingerprint density at radius 1 is 1.50 bits per heavy atom. The molecule has 0 spiro atoms. The molecule has 0 atom stereocenters. The van der Waals surface area contributed by atoms with Crippen LogP contribution in [-0.2, 0) is 0 Å². The maximum Gasteiger partial charge on any atom is 0.293 e. The van der Waals surface area contributed by atoms with E-state index >= 15 is 0 Å². The Bertz CT molecular complexity index is 479. The Morgan fingerprint density at radius 2 is 2.22 bits per heavy atom. The van der Waals surface area contributed by atoms with Gasteiger partial charge in [0.1, 0.15) is 5.69 Å². The van der Waals surface area contributed by atoms with Crippen molar-refractivity contribution in [2.45, 2.75) is 18.6 Å². The SMILES string of the molecule is CC1(C)CN(c2ccc(Br)cc2[N+](=O)[O-])CCS1. The van der Waals surface area contributed by atoms with E-state index in [4.69, 9.17) is 0 Å². The first-order valence-corrected chi connectivity index (χ1v) is 7.50. The van der Waals surface area contributed by atoms with Crippen LogP contribution in [0.3, 0.4) is 0 Å². The number of nitro groups is 1. The highest BCUT2D eigenvalue weighted by Crippen LogP contribution is 2.37. The van der Waals surface area contributed by atoms with Gasteiger partial charge in [-0.15, -0.1) is 0 Å². The molecule has 0 aliphatic carbocycles. The van der Waals surface area contributed by atoms with E-state index in [1.807, 2.05) is 23.9 Å². The summed E-state index contributed by atoms with van der Waals surface area (Å²) in [5.74, 6) is 1.00. The second-order valence-electron chi connectivity index (χ2n) is 4.92. The third-order valence-corrected chi connectivity index (χ3v) is 4.69. The van der Waals surface area contributed by atoms with Crippen molar-refractivity contribution in [3.63, 3.8) is 0 Å². The monoisotopic (exact) mass is 330 g/mol. The van der Waals surface area contributed by atoms with Crippen LogP contribution in [0, 0.1) is 10.1 Å². The number of anilines is 1. The number of hydrogen-bond donors (Lipinski definition) is 0. The fraction of sp³-hybridized carbons (Fsp3) is 0.500. The van der Waals surface area contributed by atoms with Crippen molar-refractivity contribution in [2.24, 2.45) is 0 Å². The summed E-state index contributed by atoms with van der Waals surface area (Å²) in [5, 5.41) is 11.1. The molecule has 18 heavy (non-hydrogen) atoms. The predicted octanol–water partition coefficient (Wildman–Crippen LogP) is 3.69. The average Bonchev–Trinajstić information content (AvgIpc) is 2.27. The van der Waals surface area contributed by atoms with Gasteiger partial charge in [-0.05, 0) is 26.0 Å². The molecule has 0 saturated carbocycles. The highest BCUT2D eigenvalue weighted by atomic mass is 79.9. The number of rotatable bonds is 2. The van der Waals surface area contributed by atoms with Gasteiger partial charge in [-0.2, -0.15) is 11.8 Å². The van der Waals surface area contributed by atoms with Gasteiger partial charge in [0.05, 0.1) is 4.92 Å². The molecule has 1 aliphatic heterocycles. The molecular weight excluding hydrogens is 316 g/mol. The molecule has 2 rings (SSSR count). The topological polar surface area (TPSA) is 46.4 Å². The van der Waals surface area contributed by atoms with Crippen LogP contribution < -0.4 is 4.90 Å². The van der Waals surface area contributed by atoms with Gasteiger partial charge in [0.25, 0.3) is 5.69 Å². The van der Waals surface area contributed by atoms with E-state index in [0.717, 1.165) is 29.0 Å². The zero-order valence-corrected chi connectivity index (χ0v) is 12.8. The maximum atomic E-state index is 11.1. The summed E-state index contributed by atoms with van der Waals surface area (Å²) < 4.78 is 0.878. The summed E-state index contributed by atoms with van der Waals surface area (Å²) in [5.41, 5.74) is 0.892. The lowest BCUT2D eigenvalue weighted by Crippen LogP contribution is -2.43. The molecule has 1 aliphatic rings. The summed E-state index contributed by atoms with van der Waals surface area (Å²) in [6.07, 6.45) is 0. The van der Waals surface area contributed by atoms with E-state index < -0.39 is 0 Å². The molecule has 1 heterocycles. The minimum absolute atomic E-state index is 0.138. The fourth-order valence-electron chi connectivity index (χ4n) is 2.13. The quantitative estimate of drug-likeness (QED) is 0.612. The molecule has 0 radical (unpaired) electrons. The summed E-state index contributed by atoms with van der Waals surface area (Å²) in [4.78, 5) is 12.9. The number of thioether (sulfide) groups is 1. The summed E-state index contributed by atoms with van der Waals surface area (Å²) >= 11 is 5.20. The van der Waals surface area contributed by atoms with Crippen LogP contribution in [-0.4, -0.2) is 28.5 Å². The summed E-state index contributed by atoms with van der Waals surface area (Å²) in [7, 11) is 0. The van der Waals surface area contributed by atoms with Crippen molar-refractivity contribution in [2.75, 3.05) is 23.7 Å². The molecule has 0 bridgehead atoms. The van der Waals surface area contributed by atoms with Crippen LogP contribution in [0.5, 0.6) is 0 Å². The molecule has 1 aromatic rings. The predicted molar refractivity (Wildman–Crippen MR) is 79.5 cm³/mol. The van der Waals surface area contributed by atoms with Crippen LogP contribution in [0.2, 0.25) is 0 Å². The zero-order valence-electron chi connectivity index (χ0n) is 10.4. The Labute approximate surface area is 119 Å². The molecule has 1 aromatic carbocycles. The van der Waals surface area contributed by atoms with E-state index in [2.05, 4.69) is 34.7 Å². The largest absolute Gasteiger partial charge is 0.364 e. The lowest BCUT2D eigenvalue weighted by Gasteiger charge is -2.38. The molecular formula is C12H15BrN2O2S. The molecule has 4 nitrogen and oxygen atoms in total. The molecule has 0 N–H and O–H groups in total. The second kappa shape index (κ2) is 5.09. The highest BCUT2D eigenvalue weighted by molar-refractivity contribution is 9.10. The first-order chi connectivity index (χ1) is 8.39. The molecule has 98 valence electrons. The number of hydrogen-bond acceptors (Lipinski definition) is 4. The molecule has 0 unspecified atom stereocenters. The van der Waals surface area contributed by atoms with Crippen molar-refractivity contribution >= 4 is 39.1 Å². The van der Waals surface area contributed by atoms with Gasteiger partial charge in [-0.25, -0.2) is 0 Å². The van der Waals surface area contributed by atoms with Gasteiger partial charge in [0.2, 0.25) is 0 Å². The van der Waals surface area contributed by atoms with E-state index in [0.29, 0.717) is 0 Å². The lowest BCUT2D eigenvalue weighted by atomic mass is 10.1. The molecule has 0 aromatic heterocycles. The second-order valence-corrected chi connectivity index (χ2v) is 7.64. The Morgan fingerprint density at radius 3 is 2.83 bits per heavy atom. The zero-order chi connectivity index (χ0) is 13.3.